The molecule has 1 fully saturated rings. The van der Waals surface area contributed by atoms with Gasteiger partial charge in [0.05, 0.1) is 12.4 Å². The average molecular weight is 390 g/mol. The molecule has 1 aromatic heterocycles. The van der Waals surface area contributed by atoms with E-state index in [-0.39, 0.29) is 11.9 Å². The Morgan fingerprint density at radius 2 is 2.08 bits per heavy atom. The number of nitrogens with zero attached hydrogens (tertiary/aromatic N) is 2. The minimum atomic E-state index is -3.81. The Balaban J connectivity index is 2.41. The standard InChI is InChI=1S/C14H22N4O7S/c1-7(2)24-9-10(12(19)17-26(4,21)22)25-13(11(9)23-3)18-6-5-8(15)16-14(18)20/h5-7,9-11,13H,1-4H3,(H,17,19)(H2,15,16,20)/t9-,10+,11-,13?/m1/s1. The largest absolute Gasteiger partial charge is 0.383 e. The third-order valence-corrected chi connectivity index (χ3v) is 4.13. The molecule has 1 aromatic rings. The third-order valence-electron chi connectivity index (χ3n) is 3.56. The van der Waals surface area contributed by atoms with Gasteiger partial charge in [-0.3, -0.25) is 14.1 Å². The maximum absolute atomic E-state index is 12.4. The van der Waals surface area contributed by atoms with E-state index in [4.69, 9.17) is 19.9 Å². The van der Waals surface area contributed by atoms with Crippen LogP contribution in [0.2, 0.25) is 0 Å². The lowest BCUT2D eigenvalue weighted by Crippen LogP contribution is -2.47. The van der Waals surface area contributed by atoms with Crippen LogP contribution >= 0.6 is 0 Å². The van der Waals surface area contributed by atoms with E-state index in [1.807, 2.05) is 4.72 Å². The summed E-state index contributed by atoms with van der Waals surface area (Å²) >= 11 is 0. The predicted molar refractivity (Wildman–Crippen MR) is 90.6 cm³/mol. The van der Waals surface area contributed by atoms with Gasteiger partial charge in [0.15, 0.2) is 12.3 Å². The number of rotatable bonds is 6. The Labute approximate surface area is 150 Å². The molecule has 1 amide bonds. The van der Waals surface area contributed by atoms with Crippen LogP contribution in [-0.4, -0.2) is 61.7 Å². The summed E-state index contributed by atoms with van der Waals surface area (Å²) in [5, 5.41) is 0. The van der Waals surface area contributed by atoms with E-state index in [2.05, 4.69) is 4.98 Å². The van der Waals surface area contributed by atoms with Gasteiger partial charge in [-0.2, -0.15) is 4.98 Å². The molecule has 11 nitrogen and oxygen atoms in total. The molecule has 2 rings (SSSR count). The summed E-state index contributed by atoms with van der Waals surface area (Å²) < 4.78 is 42.5. The topological polar surface area (TPSA) is 152 Å². The van der Waals surface area contributed by atoms with Crippen LogP contribution in [0.5, 0.6) is 0 Å². The quantitative estimate of drug-likeness (QED) is 0.598. The minimum Gasteiger partial charge on any atom is -0.383 e. The molecule has 0 aliphatic carbocycles. The SMILES string of the molecule is CO[C@H]1C(n2ccc(N)nc2=O)O[C@H](C(=O)NS(C)(=O)=O)[C@H]1OC(C)C. The molecular formula is C14H22N4O7S. The number of nitrogen functional groups attached to an aromatic ring is 1. The van der Waals surface area contributed by atoms with E-state index in [1.54, 1.807) is 13.8 Å². The molecule has 0 radical (unpaired) electrons. The van der Waals surface area contributed by atoms with Crippen LogP contribution in [0.1, 0.15) is 20.1 Å². The molecule has 1 unspecified atom stereocenters. The Morgan fingerprint density at radius 1 is 1.42 bits per heavy atom. The number of anilines is 1. The summed E-state index contributed by atoms with van der Waals surface area (Å²) in [6, 6.07) is 1.39. The molecule has 3 N–H and O–H groups in total. The van der Waals surface area contributed by atoms with E-state index in [1.165, 1.54) is 19.4 Å². The zero-order valence-corrected chi connectivity index (χ0v) is 15.6. The van der Waals surface area contributed by atoms with Gasteiger partial charge in [0, 0.05) is 13.3 Å². The van der Waals surface area contributed by atoms with Gasteiger partial charge < -0.3 is 19.9 Å². The Morgan fingerprint density at radius 3 is 2.58 bits per heavy atom. The van der Waals surface area contributed by atoms with Crippen molar-refractivity contribution in [2.75, 3.05) is 19.1 Å². The Bertz CT molecular complexity index is 823. The Kier molecular flexibility index (Phi) is 6.01. The molecule has 0 spiro atoms. The molecule has 1 aliphatic heterocycles. The molecule has 0 aromatic carbocycles. The molecule has 0 saturated carbocycles. The number of aromatic nitrogens is 2. The zero-order valence-electron chi connectivity index (χ0n) is 14.8. The summed E-state index contributed by atoms with van der Waals surface area (Å²) in [4.78, 5) is 28.1. The molecule has 0 bridgehead atoms. The van der Waals surface area contributed by atoms with E-state index in [9.17, 15) is 18.0 Å². The first-order valence-corrected chi connectivity index (χ1v) is 9.62. The highest BCUT2D eigenvalue weighted by Crippen LogP contribution is 2.33. The summed E-state index contributed by atoms with van der Waals surface area (Å²) in [7, 11) is -2.44. The maximum Gasteiger partial charge on any atom is 0.351 e. The highest BCUT2D eigenvalue weighted by atomic mass is 32.2. The van der Waals surface area contributed by atoms with Crippen molar-refractivity contribution in [1.82, 2.24) is 14.3 Å². The van der Waals surface area contributed by atoms with Gasteiger partial charge in [-0.1, -0.05) is 0 Å². The monoisotopic (exact) mass is 390 g/mol. The van der Waals surface area contributed by atoms with Crippen molar-refractivity contribution < 1.29 is 27.4 Å². The fraction of sp³-hybridized carbons (Fsp3) is 0.643. The number of hydrogen-bond acceptors (Lipinski definition) is 9. The number of nitrogens with two attached hydrogens (primary N) is 1. The Hall–Kier alpha value is -2.02. The molecule has 1 aliphatic rings. The highest BCUT2D eigenvalue weighted by Gasteiger charge is 2.51. The molecule has 146 valence electrons. The van der Waals surface area contributed by atoms with Gasteiger partial charge in [0.2, 0.25) is 10.0 Å². The summed E-state index contributed by atoms with van der Waals surface area (Å²) in [6.45, 7) is 3.48. The van der Waals surface area contributed by atoms with Crippen molar-refractivity contribution in [1.29, 1.82) is 0 Å². The summed E-state index contributed by atoms with van der Waals surface area (Å²) in [6.07, 6.45) is -2.30. The number of carbonyl (C=O) groups is 1. The average Bonchev–Trinajstić information content (AvgIpc) is 2.83. The van der Waals surface area contributed by atoms with Crippen LogP contribution < -0.4 is 16.1 Å². The van der Waals surface area contributed by atoms with Gasteiger partial charge in [0.1, 0.15) is 18.0 Å². The molecule has 1 saturated heterocycles. The number of methoxy groups -OCH3 is 1. The van der Waals surface area contributed by atoms with Crippen molar-refractivity contribution in [3.05, 3.63) is 22.7 Å². The summed E-state index contributed by atoms with van der Waals surface area (Å²) in [5.74, 6) is -0.890. The number of ether oxygens (including phenoxy) is 3. The van der Waals surface area contributed by atoms with Crippen molar-refractivity contribution in [3.8, 4) is 0 Å². The van der Waals surface area contributed by atoms with Crippen LogP contribution in [0.15, 0.2) is 17.1 Å². The molecular weight excluding hydrogens is 368 g/mol. The van der Waals surface area contributed by atoms with E-state index < -0.39 is 46.2 Å². The lowest BCUT2D eigenvalue weighted by Gasteiger charge is -2.25. The van der Waals surface area contributed by atoms with Gasteiger partial charge in [-0.15, -0.1) is 0 Å². The van der Waals surface area contributed by atoms with Crippen LogP contribution in [-0.2, 0) is 29.0 Å². The molecule has 12 heteroatoms. The number of carbonyl (C=O) groups excluding carboxylic acids is 1. The highest BCUT2D eigenvalue weighted by molar-refractivity contribution is 7.89. The molecule has 26 heavy (non-hydrogen) atoms. The van der Waals surface area contributed by atoms with Crippen LogP contribution in [0.4, 0.5) is 5.82 Å². The second-order valence-electron chi connectivity index (χ2n) is 6.08. The first-order valence-electron chi connectivity index (χ1n) is 7.73. The molecule has 4 atom stereocenters. The van der Waals surface area contributed by atoms with Gasteiger partial charge in [-0.25, -0.2) is 13.2 Å². The first-order chi connectivity index (χ1) is 12.0. The number of amides is 1. The smallest absolute Gasteiger partial charge is 0.351 e. The number of sulfonamides is 1. The fourth-order valence-corrected chi connectivity index (χ4v) is 3.13. The lowest BCUT2D eigenvalue weighted by molar-refractivity contribution is -0.139. The normalized spacial score (nSPS) is 26.2. The van der Waals surface area contributed by atoms with Crippen molar-refractivity contribution in [3.63, 3.8) is 0 Å². The summed E-state index contributed by atoms with van der Waals surface area (Å²) in [5.41, 5.74) is 4.78. The zero-order chi connectivity index (χ0) is 19.6. The van der Waals surface area contributed by atoms with Gasteiger partial charge in [0.25, 0.3) is 5.91 Å². The second-order valence-corrected chi connectivity index (χ2v) is 7.83. The maximum atomic E-state index is 12.4. The van der Waals surface area contributed by atoms with E-state index in [0.29, 0.717) is 0 Å². The minimum absolute atomic E-state index is 0.0274. The molecule has 2 heterocycles. The lowest BCUT2D eigenvalue weighted by atomic mass is 10.1. The second kappa shape index (κ2) is 7.70. The van der Waals surface area contributed by atoms with E-state index in [0.717, 1.165) is 10.8 Å². The first kappa shape index (κ1) is 20.3. The van der Waals surface area contributed by atoms with Crippen molar-refractivity contribution in [2.45, 2.75) is 44.5 Å². The number of nitrogens with one attached hydrogen (secondary N) is 1. The van der Waals surface area contributed by atoms with Crippen LogP contribution in [0.3, 0.4) is 0 Å². The van der Waals surface area contributed by atoms with Crippen molar-refractivity contribution >= 4 is 21.7 Å². The van der Waals surface area contributed by atoms with Crippen molar-refractivity contribution in [2.24, 2.45) is 0 Å². The van der Waals surface area contributed by atoms with Gasteiger partial charge in [-0.05, 0) is 19.9 Å². The van der Waals surface area contributed by atoms with Crippen LogP contribution in [0, 0.1) is 0 Å². The van der Waals surface area contributed by atoms with Gasteiger partial charge >= 0.3 is 5.69 Å². The number of hydrogen-bond donors (Lipinski definition) is 2. The predicted octanol–water partition coefficient (Wildman–Crippen LogP) is -1.39. The van der Waals surface area contributed by atoms with Crippen LogP contribution in [0.25, 0.3) is 0 Å². The third kappa shape index (κ3) is 4.58. The van der Waals surface area contributed by atoms with E-state index >= 15 is 0 Å². The fourth-order valence-electron chi connectivity index (χ4n) is 2.65.